The molecular formula is C14H15NO3S. The Kier molecular flexibility index (Phi) is 3.14. The average molecular weight is 277 g/mol. The number of thiophene rings is 1. The van der Waals surface area contributed by atoms with Gasteiger partial charge in [-0.05, 0) is 29.9 Å². The van der Waals surface area contributed by atoms with Crippen LogP contribution in [0.15, 0.2) is 23.6 Å². The number of hydrogen-bond acceptors (Lipinski definition) is 3. The molecule has 1 saturated carbocycles. The first kappa shape index (κ1) is 12.4. The van der Waals surface area contributed by atoms with Crippen LogP contribution in [0.5, 0.6) is 0 Å². The molecule has 100 valence electrons. The number of carboxylic acids is 1. The fraction of sp³-hybridized carbons (Fsp3) is 0.429. The lowest BCUT2D eigenvalue weighted by Crippen LogP contribution is -2.36. The Morgan fingerprint density at radius 2 is 2.21 bits per heavy atom. The third-order valence-corrected chi connectivity index (χ3v) is 4.73. The number of carboxylic acid groups (broad SMARTS) is 1. The molecule has 0 saturated heterocycles. The molecule has 5 heteroatoms. The van der Waals surface area contributed by atoms with Crippen molar-refractivity contribution in [3.05, 3.63) is 28.5 Å². The molecule has 2 heterocycles. The van der Waals surface area contributed by atoms with Crippen molar-refractivity contribution in [3.8, 4) is 0 Å². The molecule has 0 radical (unpaired) electrons. The lowest BCUT2D eigenvalue weighted by molar-refractivity contribution is -0.141. The Hall–Kier alpha value is -1.62. The third-order valence-electron chi connectivity index (χ3n) is 3.78. The zero-order valence-corrected chi connectivity index (χ0v) is 11.2. The summed E-state index contributed by atoms with van der Waals surface area (Å²) in [5.41, 5.74) is 1.30. The minimum absolute atomic E-state index is 0.00822. The summed E-state index contributed by atoms with van der Waals surface area (Å²) in [4.78, 5) is 25.9. The molecule has 1 aliphatic heterocycles. The lowest BCUT2D eigenvalue weighted by atomic mass is 10.1. The van der Waals surface area contributed by atoms with Crippen LogP contribution in [-0.2, 0) is 9.59 Å². The van der Waals surface area contributed by atoms with Gasteiger partial charge < -0.3 is 10.0 Å². The Morgan fingerprint density at radius 3 is 2.74 bits per heavy atom. The van der Waals surface area contributed by atoms with Crippen molar-refractivity contribution in [1.82, 2.24) is 4.90 Å². The molecule has 4 nitrogen and oxygen atoms in total. The van der Waals surface area contributed by atoms with Crippen molar-refractivity contribution >= 4 is 28.8 Å². The second-order valence-electron chi connectivity index (χ2n) is 5.03. The van der Waals surface area contributed by atoms with Gasteiger partial charge in [0.15, 0.2) is 0 Å². The van der Waals surface area contributed by atoms with E-state index in [1.165, 1.54) is 10.5 Å². The summed E-state index contributed by atoms with van der Waals surface area (Å²) in [6.45, 7) is 1.31. The Morgan fingerprint density at radius 1 is 1.37 bits per heavy atom. The highest BCUT2D eigenvalue weighted by Gasteiger charge is 2.49. The van der Waals surface area contributed by atoms with Gasteiger partial charge in [0.1, 0.15) is 0 Å². The van der Waals surface area contributed by atoms with Crippen molar-refractivity contribution in [2.24, 2.45) is 11.8 Å². The van der Waals surface area contributed by atoms with Gasteiger partial charge in [-0.2, -0.15) is 0 Å². The second kappa shape index (κ2) is 4.81. The van der Waals surface area contributed by atoms with Crippen LogP contribution >= 0.6 is 11.3 Å². The summed E-state index contributed by atoms with van der Waals surface area (Å²) in [7, 11) is 0. The molecular weight excluding hydrogens is 262 g/mol. The Labute approximate surface area is 115 Å². The van der Waals surface area contributed by atoms with Gasteiger partial charge in [-0.3, -0.25) is 9.59 Å². The summed E-state index contributed by atoms with van der Waals surface area (Å²) < 4.78 is 0. The van der Waals surface area contributed by atoms with E-state index < -0.39 is 11.9 Å². The maximum absolute atomic E-state index is 12.1. The minimum Gasteiger partial charge on any atom is -0.481 e. The molecule has 0 bridgehead atoms. The molecule has 1 amide bonds. The molecule has 1 fully saturated rings. The molecule has 1 aromatic rings. The largest absolute Gasteiger partial charge is 0.481 e. The van der Waals surface area contributed by atoms with Crippen LogP contribution in [0.4, 0.5) is 0 Å². The maximum Gasteiger partial charge on any atom is 0.307 e. The highest BCUT2D eigenvalue weighted by Crippen LogP contribution is 2.40. The van der Waals surface area contributed by atoms with Crippen LogP contribution in [0.1, 0.15) is 17.7 Å². The zero-order valence-electron chi connectivity index (χ0n) is 10.4. The number of hydrogen-bond donors (Lipinski definition) is 1. The first-order chi connectivity index (χ1) is 9.16. The quantitative estimate of drug-likeness (QED) is 0.920. The number of carbonyl (C=O) groups is 2. The monoisotopic (exact) mass is 277 g/mol. The SMILES string of the molecule is O=C(O)C1CC1C(=O)N1CC=C(c2cccs2)CC1. The van der Waals surface area contributed by atoms with Crippen molar-refractivity contribution in [2.75, 3.05) is 13.1 Å². The maximum atomic E-state index is 12.1. The van der Waals surface area contributed by atoms with E-state index in [9.17, 15) is 9.59 Å². The summed E-state index contributed by atoms with van der Waals surface area (Å²) in [5, 5.41) is 10.9. The van der Waals surface area contributed by atoms with Crippen molar-refractivity contribution in [3.63, 3.8) is 0 Å². The minimum atomic E-state index is -0.842. The summed E-state index contributed by atoms with van der Waals surface area (Å²) in [5.74, 6) is -1.57. The topological polar surface area (TPSA) is 57.6 Å². The van der Waals surface area contributed by atoms with Crippen LogP contribution in [0, 0.1) is 11.8 Å². The van der Waals surface area contributed by atoms with Crippen LogP contribution < -0.4 is 0 Å². The smallest absolute Gasteiger partial charge is 0.307 e. The first-order valence-electron chi connectivity index (χ1n) is 6.41. The molecule has 19 heavy (non-hydrogen) atoms. The number of aliphatic carboxylic acids is 1. The van der Waals surface area contributed by atoms with Gasteiger partial charge in [0.2, 0.25) is 5.91 Å². The van der Waals surface area contributed by atoms with Gasteiger partial charge >= 0.3 is 5.97 Å². The lowest BCUT2D eigenvalue weighted by Gasteiger charge is -2.26. The van der Waals surface area contributed by atoms with E-state index >= 15 is 0 Å². The average Bonchev–Trinajstić information content (AvgIpc) is 3.05. The highest BCUT2D eigenvalue weighted by atomic mass is 32.1. The number of rotatable bonds is 3. The van der Waals surface area contributed by atoms with E-state index in [1.807, 2.05) is 6.07 Å². The van der Waals surface area contributed by atoms with Crippen molar-refractivity contribution < 1.29 is 14.7 Å². The standard InChI is InChI=1S/C14H15NO3S/c16-13(10-8-11(10)14(17)18)15-5-3-9(4-6-15)12-2-1-7-19-12/h1-3,7,10-11H,4-6,8H2,(H,17,18). The molecule has 1 N–H and O–H groups in total. The van der Waals surface area contributed by atoms with E-state index in [4.69, 9.17) is 5.11 Å². The zero-order chi connectivity index (χ0) is 13.4. The van der Waals surface area contributed by atoms with E-state index in [2.05, 4.69) is 17.5 Å². The number of carbonyl (C=O) groups excluding carboxylic acids is 1. The molecule has 0 spiro atoms. The van der Waals surface area contributed by atoms with Crippen LogP contribution in [-0.4, -0.2) is 35.0 Å². The van der Waals surface area contributed by atoms with E-state index in [1.54, 1.807) is 16.2 Å². The van der Waals surface area contributed by atoms with E-state index in [-0.39, 0.29) is 11.8 Å². The predicted molar refractivity (Wildman–Crippen MR) is 72.7 cm³/mol. The summed E-state index contributed by atoms with van der Waals surface area (Å²) >= 11 is 1.71. The van der Waals surface area contributed by atoms with E-state index in [0.717, 1.165) is 6.42 Å². The predicted octanol–water partition coefficient (Wildman–Crippen LogP) is 2.08. The molecule has 0 aromatic carbocycles. The second-order valence-corrected chi connectivity index (χ2v) is 5.98. The Bertz CT molecular complexity index is 535. The van der Waals surface area contributed by atoms with Crippen LogP contribution in [0.2, 0.25) is 0 Å². The number of amides is 1. The molecule has 3 rings (SSSR count). The molecule has 1 aromatic heterocycles. The van der Waals surface area contributed by atoms with Gasteiger partial charge in [0.25, 0.3) is 0 Å². The van der Waals surface area contributed by atoms with Crippen LogP contribution in [0.3, 0.4) is 0 Å². The van der Waals surface area contributed by atoms with Crippen molar-refractivity contribution in [2.45, 2.75) is 12.8 Å². The highest BCUT2D eigenvalue weighted by molar-refractivity contribution is 7.11. The van der Waals surface area contributed by atoms with Crippen LogP contribution in [0.25, 0.3) is 5.57 Å². The molecule has 2 atom stereocenters. The number of nitrogens with zero attached hydrogens (tertiary/aromatic N) is 1. The summed E-state index contributed by atoms with van der Waals surface area (Å²) in [6.07, 6.45) is 3.45. The van der Waals surface area contributed by atoms with Gasteiger partial charge in [0.05, 0.1) is 11.8 Å². The third kappa shape index (κ3) is 2.42. The first-order valence-corrected chi connectivity index (χ1v) is 7.29. The van der Waals surface area contributed by atoms with Gasteiger partial charge in [-0.1, -0.05) is 12.1 Å². The fourth-order valence-electron chi connectivity index (χ4n) is 2.53. The van der Waals surface area contributed by atoms with Gasteiger partial charge in [0, 0.05) is 18.0 Å². The normalized spacial score (nSPS) is 25.9. The summed E-state index contributed by atoms with van der Waals surface area (Å²) in [6, 6.07) is 4.12. The molecule has 1 aliphatic carbocycles. The molecule has 2 unspecified atom stereocenters. The fourth-order valence-corrected chi connectivity index (χ4v) is 3.33. The van der Waals surface area contributed by atoms with Gasteiger partial charge in [-0.15, -0.1) is 11.3 Å². The van der Waals surface area contributed by atoms with Crippen molar-refractivity contribution in [1.29, 1.82) is 0 Å². The molecule has 2 aliphatic rings. The Balaban J connectivity index is 1.61. The van der Waals surface area contributed by atoms with E-state index in [0.29, 0.717) is 19.5 Å². The van der Waals surface area contributed by atoms with Gasteiger partial charge in [-0.25, -0.2) is 0 Å².